The van der Waals surface area contributed by atoms with E-state index in [0.717, 1.165) is 19.2 Å². The molecule has 0 aliphatic carbocycles. The summed E-state index contributed by atoms with van der Waals surface area (Å²) in [6.45, 7) is 4.79. The average Bonchev–Trinajstić information content (AvgIpc) is 3.33. The van der Waals surface area contributed by atoms with Crippen LogP contribution in [0.2, 0.25) is 0 Å². The van der Waals surface area contributed by atoms with Gasteiger partial charge in [0.1, 0.15) is 11.4 Å². The minimum atomic E-state index is -4.60. The number of halogens is 5. The number of aryl methyl sites for hydroxylation is 1. The molecule has 2 aromatic carbocycles. The quantitative estimate of drug-likeness (QED) is 0.253. The number of hydrogen-bond donors (Lipinski definition) is 1. The van der Waals surface area contributed by atoms with Gasteiger partial charge in [-0.05, 0) is 67.4 Å². The largest absolute Gasteiger partial charge is 0.416 e. The lowest BCUT2D eigenvalue weighted by Crippen LogP contribution is -2.44. The Bertz CT molecular complexity index is 1680. The number of benzene rings is 2. The summed E-state index contributed by atoms with van der Waals surface area (Å²) in [5.74, 6) is 4.88. The molecule has 1 saturated heterocycles. The molecule has 1 fully saturated rings. The maximum Gasteiger partial charge on any atom is 0.416 e. The first kappa shape index (κ1) is 29.2. The summed E-state index contributed by atoms with van der Waals surface area (Å²) in [7, 11) is 1.97. The maximum absolute atomic E-state index is 14.0. The molecular formula is C30H27F5N6O. The molecule has 1 aliphatic rings. The molecule has 0 bridgehead atoms. The lowest BCUT2D eigenvalue weighted by atomic mass is 10.0. The van der Waals surface area contributed by atoms with Crippen molar-refractivity contribution in [1.82, 2.24) is 24.4 Å². The van der Waals surface area contributed by atoms with Gasteiger partial charge in [-0.3, -0.25) is 9.69 Å². The Hall–Kier alpha value is -4.34. The van der Waals surface area contributed by atoms with E-state index in [1.807, 2.05) is 11.9 Å². The normalized spacial score (nSPS) is 14.7. The summed E-state index contributed by atoms with van der Waals surface area (Å²) in [5.41, 5.74) is 0.171. The Balaban J connectivity index is 1.38. The molecular weight excluding hydrogens is 555 g/mol. The lowest BCUT2D eigenvalue weighted by molar-refractivity contribution is -0.138. The second-order valence-corrected chi connectivity index (χ2v) is 10.1. The van der Waals surface area contributed by atoms with Gasteiger partial charge >= 0.3 is 6.18 Å². The first-order chi connectivity index (χ1) is 20.0. The van der Waals surface area contributed by atoms with Crippen LogP contribution in [0.3, 0.4) is 0 Å². The molecule has 0 spiro atoms. The number of nitrogens with zero attached hydrogens (tertiary/aromatic N) is 5. The van der Waals surface area contributed by atoms with Gasteiger partial charge in [0.05, 0.1) is 5.56 Å². The fraction of sp³-hybridized carbons (Fsp3) is 0.300. The van der Waals surface area contributed by atoms with Crippen LogP contribution in [-0.2, 0) is 12.7 Å². The Labute approximate surface area is 239 Å². The standard InChI is InChI=1S/C30H27F5N6O/c1-19-5-6-21(16-20(19)8-10-25-27(28(31)32)38-26-4-3-11-36-41(25)26)29(42)37-23-9-7-22(24(17-23)30(33,34)35)18-40-14-12-39(2)13-15-40/h3-7,9,11,16-17,28H,12-15,18H2,1-2H3,(H,37,42). The van der Waals surface area contributed by atoms with E-state index in [1.54, 1.807) is 19.1 Å². The second-order valence-electron chi connectivity index (χ2n) is 10.1. The summed E-state index contributed by atoms with van der Waals surface area (Å²) in [5, 5.41) is 6.59. The third-order valence-electron chi connectivity index (χ3n) is 7.10. The molecule has 0 atom stereocenters. The fourth-order valence-electron chi connectivity index (χ4n) is 4.71. The van der Waals surface area contributed by atoms with Crippen molar-refractivity contribution in [3.05, 3.63) is 93.9 Å². The molecule has 0 saturated carbocycles. The predicted octanol–water partition coefficient (Wildman–Crippen LogP) is 5.39. The van der Waals surface area contributed by atoms with Crippen molar-refractivity contribution in [2.45, 2.75) is 26.1 Å². The first-order valence-electron chi connectivity index (χ1n) is 13.2. The van der Waals surface area contributed by atoms with Gasteiger partial charge in [0, 0.05) is 55.7 Å². The minimum Gasteiger partial charge on any atom is -0.322 e. The molecule has 0 radical (unpaired) electrons. The van der Waals surface area contributed by atoms with E-state index in [9.17, 15) is 26.7 Å². The van der Waals surface area contributed by atoms with Crippen molar-refractivity contribution in [3.8, 4) is 11.8 Å². The number of aromatic nitrogens is 3. The Morgan fingerprint density at radius 3 is 2.52 bits per heavy atom. The summed E-state index contributed by atoms with van der Waals surface area (Å²) >= 11 is 0. The van der Waals surface area contributed by atoms with Gasteiger partial charge in [0.15, 0.2) is 5.65 Å². The van der Waals surface area contributed by atoms with Gasteiger partial charge in [-0.1, -0.05) is 18.1 Å². The first-order valence-corrected chi connectivity index (χ1v) is 13.2. The molecule has 1 N–H and O–H groups in total. The topological polar surface area (TPSA) is 65.8 Å². The molecule has 1 amide bonds. The van der Waals surface area contributed by atoms with Crippen LogP contribution in [0.15, 0.2) is 54.7 Å². The van der Waals surface area contributed by atoms with Crippen LogP contribution in [0.1, 0.15) is 50.4 Å². The molecule has 4 aromatic rings. The van der Waals surface area contributed by atoms with Gasteiger partial charge in [-0.25, -0.2) is 18.3 Å². The number of carbonyl (C=O) groups excluding carboxylic acids is 1. The third-order valence-corrected chi connectivity index (χ3v) is 7.10. The molecule has 2 aromatic heterocycles. The van der Waals surface area contributed by atoms with E-state index in [-0.39, 0.29) is 34.7 Å². The van der Waals surface area contributed by atoms with Crippen LogP contribution in [-0.4, -0.2) is 63.5 Å². The third kappa shape index (κ3) is 6.42. The fourth-order valence-corrected chi connectivity index (χ4v) is 4.71. The molecule has 0 unspecified atom stereocenters. The van der Waals surface area contributed by atoms with Crippen molar-refractivity contribution in [1.29, 1.82) is 0 Å². The van der Waals surface area contributed by atoms with Gasteiger partial charge in [0.25, 0.3) is 12.3 Å². The highest BCUT2D eigenvalue weighted by molar-refractivity contribution is 6.04. The van der Waals surface area contributed by atoms with Crippen LogP contribution >= 0.6 is 0 Å². The maximum atomic E-state index is 14.0. The Morgan fingerprint density at radius 2 is 1.81 bits per heavy atom. The highest BCUT2D eigenvalue weighted by atomic mass is 19.4. The van der Waals surface area contributed by atoms with Crippen molar-refractivity contribution in [2.75, 3.05) is 38.5 Å². The van der Waals surface area contributed by atoms with Gasteiger partial charge in [-0.15, -0.1) is 0 Å². The number of fused-ring (bicyclic) bond motifs is 1. The molecule has 1 aliphatic heterocycles. The van der Waals surface area contributed by atoms with Gasteiger partial charge in [0.2, 0.25) is 0 Å². The Kier molecular flexibility index (Phi) is 8.24. The number of hydrogen-bond acceptors (Lipinski definition) is 5. The van der Waals surface area contributed by atoms with E-state index < -0.39 is 29.8 Å². The van der Waals surface area contributed by atoms with E-state index in [2.05, 4.69) is 32.1 Å². The van der Waals surface area contributed by atoms with E-state index in [1.165, 1.54) is 41.0 Å². The Morgan fingerprint density at radius 1 is 1.05 bits per heavy atom. The number of amides is 1. The van der Waals surface area contributed by atoms with Crippen LogP contribution in [0.5, 0.6) is 0 Å². The number of imidazole rings is 1. The zero-order valence-electron chi connectivity index (χ0n) is 22.8. The van der Waals surface area contributed by atoms with Crippen LogP contribution in [0.4, 0.5) is 27.6 Å². The summed E-state index contributed by atoms with van der Waals surface area (Å²) in [4.78, 5) is 21.1. The molecule has 3 heterocycles. The zero-order chi connectivity index (χ0) is 30.0. The second kappa shape index (κ2) is 11.9. The van der Waals surface area contributed by atoms with Crippen molar-refractivity contribution >= 4 is 17.2 Å². The van der Waals surface area contributed by atoms with E-state index in [0.29, 0.717) is 24.2 Å². The lowest BCUT2D eigenvalue weighted by Gasteiger charge is -2.33. The monoisotopic (exact) mass is 582 g/mol. The predicted molar refractivity (Wildman–Crippen MR) is 147 cm³/mol. The summed E-state index contributed by atoms with van der Waals surface area (Å²) < 4.78 is 70.3. The minimum absolute atomic E-state index is 0.000964. The molecule has 5 rings (SSSR count). The van der Waals surface area contributed by atoms with Crippen LogP contribution in [0.25, 0.3) is 5.65 Å². The number of piperazine rings is 1. The van der Waals surface area contributed by atoms with Gasteiger partial charge < -0.3 is 10.2 Å². The molecule has 42 heavy (non-hydrogen) atoms. The van der Waals surface area contributed by atoms with E-state index in [4.69, 9.17) is 0 Å². The number of carbonyl (C=O) groups is 1. The van der Waals surface area contributed by atoms with Crippen molar-refractivity contribution in [2.24, 2.45) is 0 Å². The number of rotatable bonds is 5. The summed E-state index contributed by atoms with van der Waals surface area (Å²) in [6.07, 6.45) is -6.04. The van der Waals surface area contributed by atoms with Crippen molar-refractivity contribution in [3.63, 3.8) is 0 Å². The summed E-state index contributed by atoms with van der Waals surface area (Å²) in [6, 6.07) is 11.5. The highest BCUT2D eigenvalue weighted by Crippen LogP contribution is 2.35. The number of alkyl halides is 5. The van der Waals surface area contributed by atoms with Crippen molar-refractivity contribution < 1.29 is 26.7 Å². The van der Waals surface area contributed by atoms with E-state index >= 15 is 0 Å². The molecule has 7 nitrogen and oxygen atoms in total. The van der Waals surface area contributed by atoms with Gasteiger partial charge in [-0.2, -0.15) is 18.3 Å². The molecule has 218 valence electrons. The zero-order valence-corrected chi connectivity index (χ0v) is 22.8. The average molecular weight is 583 g/mol. The number of nitrogens with one attached hydrogen (secondary N) is 1. The highest BCUT2D eigenvalue weighted by Gasteiger charge is 2.34. The number of likely N-dealkylation sites (N-methyl/N-ethyl adjacent to an activating group) is 1. The number of anilines is 1. The molecule has 12 heteroatoms. The van der Waals surface area contributed by atoms with Crippen LogP contribution in [0, 0.1) is 18.8 Å². The SMILES string of the molecule is Cc1ccc(C(=O)Nc2ccc(CN3CCN(C)CC3)c(C(F)(F)F)c2)cc1C#Cc1c(C(F)F)nc2cccnn12. The smallest absolute Gasteiger partial charge is 0.322 e. The van der Waals surface area contributed by atoms with Crippen LogP contribution < -0.4 is 5.32 Å².